The third-order valence-electron chi connectivity index (χ3n) is 4.01. The van der Waals surface area contributed by atoms with Crippen molar-refractivity contribution >= 4 is 15.9 Å². The van der Waals surface area contributed by atoms with Crippen LogP contribution >= 0.6 is 15.9 Å². The van der Waals surface area contributed by atoms with Gasteiger partial charge >= 0.3 is 0 Å². The van der Waals surface area contributed by atoms with E-state index in [9.17, 15) is 9.50 Å². The minimum Gasteiger partial charge on any atom is -0.388 e. The molecule has 1 nitrogen and oxygen atoms in total. The van der Waals surface area contributed by atoms with Crippen molar-refractivity contribution < 1.29 is 9.50 Å². The molecule has 1 aliphatic carbocycles. The monoisotopic (exact) mass is 300 g/mol. The van der Waals surface area contributed by atoms with Gasteiger partial charge in [0.2, 0.25) is 0 Å². The molecule has 1 saturated carbocycles. The molecule has 1 N–H and O–H groups in total. The molecular formula is C14H18BrFO. The second-order valence-corrected chi connectivity index (χ2v) is 6.46. The van der Waals surface area contributed by atoms with Crippen LogP contribution in [0.2, 0.25) is 0 Å². The van der Waals surface area contributed by atoms with Crippen LogP contribution in [0.25, 0.3) is 0 Å². The van der Waals surface area contributed by atoms with Crippen molar-refractivity contribution in [2.24, 2.45) is 11.3 Å². The van der Waals surface area contributed by atoms with Gasteiger partial charge < -0.3 is 5.11 Å². The van der Waals surface area contributed by atoms with Gasteiger partial charge in [-0.1, -0.05) is 26.3 Å². The van der Waals surface area contributed by atoms with E-state index in [2.05, 4.69) is 29.8 Å². The lowest BCUT2D eigenvalue weighted by atomic mass is 9.77. The minimum atomic E-state index is -0.496. The lowest BCUT2D eigenvalue weighted by Gasteiger charge is -2.31. The maximum atomic E-state index is 13.2. The summed E-state index contributed by atoms with van der Waals surface area (Å²) in [5.41, 5.74) is 0.971. The van der Waals surface area contributed by atoms with Gasteiger partial charge in [0, 0.05) is 0 Å². The van der Waals surface area contributed by atoms with Crippen molar-refractivity contribution in [2.45, 2.75) is 39.2 Å². The molecule has 1 aliphatic rings. The van der Waals surface area contributed by atoms with Gasteiger partial charge in [-0.15, -0.1) is 0 Å². The van der Waals surface area contributed by atoms with Crippen LogP contribution in [0.4, 0.5) is 4.39 Å². The summed E-state index contributed by atoms with van der Waals surface area (Å²) in [4.78, 5) is 0. The highest BCUT2D eigenvalue weighted by molar-refractivity contribution is 9.10. The van der Waals surface area contributed by atoms with E-state index in [1.165, 1.54) is 6.07 Å². The average Bonchev–Trinajstić information content (AvgIpc) is 2.61. The van der Waals surface area contributed by atoms with Crippen LogP contribution in [0.3, 0.4) is 0 Å². The lowest BCUT2D eigenvalue weighted by molar-refractivity contribution is 0.0531. The largest absolute Gasteiger partial charge is 0.388 e. The molecule has 0 aliphatic heterocycles. The Balaban J connectivity index is 2.25. The number of aliphatic hydroxyl groups excluding tert-OH is 1. The Bertz CT molecular complexity index is 417. The quantitative estimate of drug-likeness (QED) is 0.855. The molecule has 94 valence electrons. The number of halogens is 2. The van der Waals surface area contributed by atoms with E-state index in [-0.39, 0.29) is 17.2 Å². The van der Waals surface area contributed by atoms with Crippen LogP contribution in [0, 0.1) is 17.2 Å². The first-order chi connectivity index (χ1) is 7.92. The Morgan fingerprint density at radius 1 is 1.47 bits per heavy atom. The molecule has 0 bridgehead atoms. The normalized spacial score (nSPS) is 24.9. The summed E-state index contributed by atoms with van der Waals surface area (Å²) in [6.07, 6.45) is 2.86. The Kier molecular flexibility index (Phi) is 3.60. The van der Waals surface area contributed by atoms with Crippen LogP contribution < -0.4 is 0 Å². The smallest absolute Gasteiger partial charge is 0.137 e. The zero-order chi connectivity index (χ0) is 12.6. The van der Waals surface area contributed by atoms with Gasteiger partial charge in [0.15, 0.2) is 0 Å². The zero-order valence-electron chi connectivity index (χ0n) is 10.2. The summed E-state index contributed by atoms with van der Waals surface area (Å²) >= 11 is 3.17. The van der Waals surface area contributed by atoms with E-state index >= 15 is 0 Å². The van der Waals surface area contributed by atoms with E-state index in [0.717, 1.165) is 24.8 Å². The fraction of sp³-hybridized carbons (Fsp3) is 0.571. The van der Waals surface area contributed by atoms with Gasteiger partial charge in [0.1, 0.15) is 5.82 Å². The van der Waals surface area contributed by atoms with Gasteiger partial charge in [0.25, 0.3) is 0 Å². The Morgan fingerprint density at radius 3 is 2.71 bits per heavy atom. The third kappa shape index (κ3) is 2.55. The van der Waals surface area contributed by atoms with Gasteiger partial charge in [-0.05, 0) is 57.8 Å². The van der Waals surface area contributed by atoms with E-state index < -0.39 is 6.10 Å². The predicted molar refractivity (Wildman–Crippen MR) is 70.2 cm³/mol. The number of aliphatic hydroxyl groups is 1. The fourth-order valence-electron chi connectivity index (χ4n) is 2.87. The highest BCUT2D eigenvalue weighted by Gasteiger charge is 2.39. The van der Waals surface area contributed by atoms with E-state index in [0.29, 0.717) is 4.47 Å². The van der Waals surface area contributed by atoms with E-state index in [1.807, 2.05) is 0 Å². The highest BCUT2D eigenvalue weighted by Crippen LogP contribution is 2.48. The van der Waals surface area contributed by atoms with Gasteiger partial charge in [-0.3, -0.25) is 0 Å². The summed E-state index contributed by atoms with van der Waals surface area (Å²) in [6, 6.07) is 4.78. The first-order valence-corrected chi connectivity index (χ1v) is 6.84. The molecule has 0 heterocycles. The number of rotatable bonds is 2. The Morgan fingerprint density at radius 2 is 2.18 bits per heavy atom. The SMILES string of the molecule is CC1(C)CCCC1C(O)c1ccc(F)c(Br)c1. The van der Waals surface area contributed by atoms with Crippen molar-refractivity contribution in [1.82, 2.24) is 0 Å². The van der Waals surface area contributed by atoms with E-state index in [1.54, 1.807) is 12.1 Å². The van der Waals surface area contributed by atoms with E-state index in [4.69, 9.17) is 0 Å². The number of benzene rings is 1. The van der Waals surface area contributed by atoms with Gasteiger partial charge in [-0.25, -0.2) is 4.39 Å². The first-order valence-electron chi connectivity index (χ1n) is 6.05. The second-order valence-electron chi connectivity index (χ2n) is 5.61. The standard InChI is InChI=1S/C14H18BrFO/c1-14(2)7-3-4-10(14)13(17)9-5-6-12(16)11(15)8-9/h5-6,8,10,13,17H,3-4,7H2,1-2H3. The summed E-state index contributed by atoms with van der Waals surface area (Å²) in [5, 5.41) is 10.4. The minimum absolute atomic E-state index is 0.167. The molecule has 17 heavy (non-hydrogen) atoms. The fourth-order valence-corrected chi connectivity index (χ4v) is 3.26. The Hall–Kier alpha value is -0.410. The van der Waals surface area contributed by atoms with Crippen molar-refractivity contribution in [3.63, 3.8) is 0 Å². The maximum absolute atomic E-state index is 13.2. The molecule has 1 fully saturated rings. The highest BCUT2D eigenvalue weighted by atomic mass is 79.9. The lowest BCUT2D eigenvalue weighted by Crippen LogP contribution is -2.24. The van der Waals surface area contributed by atoms with Crippen molar-refractivity contribution in [3.8, 4) is 0 Å². The van der Waals surface area contributed by atoms with Gasteiger partial charge in [-0.2, -0.15) is 0 Å². The van der Waals surface area contributed by atoms with Crippen molar-refractivity contribution in [3.05, 3.63) is 34.1 Å². The molecule has 1 aromatic carbocycles. The van der Waals surface area contributed by atoms with Gasteiger partial charge in [0.05, 0.1) is 10.6 Å². The van der Waals surface area contributed by atoms with Crippen LogP contribution in [0.5, 0.6) is 0 Å². The topological polar surface area (TPSA) is 20.2 Å². The zero-order valence-corrected chi connectivity index (χ0v) is 11.8. The molecule has 0 spiro atoms. The molecule has 2 unspecified atom stereocenters. The predicted octanol–water partition coefficient (Wildman–Crippen LogP) is 4.45. The second kappa shape index (κ2) is 4.69. The van der Waals surface area contributed by atoms with Crippen LogP contribution in [-0.4, -0.2) is 5.11 Å². The molecule has 2 rings (SSSR count). The molecule has 0 aromatic heterocycles. The first kappa shape index (κ1) is 13.0. The number of hydrogen-bond acceptors (Lipinski definition) is 1. The maximum Gasteiger partial charge on any atom is 0.137 e. The molecule has 0 amide bonds. The third-order valence-corrected chi connectivity index (χ3v) is 4.61. The van der Waals surface area contributed by atoms with Crippen LogP contribution in [-0.2, 0) is 0 Å². The molecule has 3 heteroatoms. The average molecular weight is 301 g/mol. The summed E-state index contributed by atoms with van der Waals surface area (Å²) in [5.74, 6) is -0.0218. The molecule has 2 atom stereocenters. The summed E-state index contributed by atoms with van der Waals surface area (Å²) in [6.45, 7) is 4.40. The Labute approximate surface area is 110 Å². The van der Waals surface area contributed by atoms with Crippen molar-refractivity contribution in [2.75, 3.05) is 0 Å². The molecular weight excluding hydrogens is 283 g/mol. The molecule has 0 saturated heterocycles. The summed E-state index contributed by atoms with van der Waals surface area (Å²) < 4.78 is 13.6. The van der Waals surface area contributed by atoms with Crippen LogP contribution in [0.1, 0.15) is 44.8 Å². The van der Waals surface area contributed by atoms with Crippen LogP contribution in [0.15, 0.2) is 22.7 Å². The van der Waals surface area contributed by atoms with Crippen molar-refractivity contribution in [1.29, 1.82) is 0 Å². The molecule has 0 radical (unpaired) electrons. The summed E-state index contributed by atoms with van der Waals surface area (Å²) in [7, 11) is 0. The molecule has 1 aromatic rings. The number of hydrogen-bond donors (Lipinski definition) is 1.